The summed E-state index contributed by atoms with van der Waals surface area (Å²) < 4.78 is 9.07. The topological polar surface area (TPSA) is 26.2 Å². The van der Waals surface area contributed by atoms with Crippen molar-refractivity contribution >= 4 is 38.6 Å². The average molecular weight is 735 g/mol. The summed E-state index contributed by atoms with van der Waals surface area (Å²) in [4.78, 5) is 0. The van der Waals surface area contributed by atoms with E-state index in [2.05, 4.69) is 210 Å². The van der Waals surface area contributed by atoms with Crippen molar-refractivity contribution in [2.24, 2.45) is 0 Å². The van der Waals surface area contributed by atoms with Crippen molar-refractivity contribution in [2.75, 3.05) is 7.05 Å². The van der Waals surface area contributed by atoms with Crippen LogP contribution < -0.4 is 10.1 Å². The smallest absolute Gasteiger partial charge is 0.130 e. The molecule has 1 unspecified atom stereocenters. The Morgan fingerprint density at radius 3 is 2.25 bits per heavy atom. The van der Waals surface area contributed by atoms with Crippen molar-refractivity contribution in [3.05, 3.63) is 234 Å². The third kappa shape index (κ3) is 6.28. The maximum atomic E-state index is 6.63. The Morgan fingerprint density at radius 1 is 0.684 bits per heavy atom. The fourth-order valence-electron chi connectivity index (χ4n) is 8.74. The fraction of sp³-hybridized carbons (Fsp3) is 0.0741. The van der Waals surface area contributed by atoms with Crippen LogP contribution >= 0.6 is 0 Å². The zero-order valence-corrected chi connectivity index (χ0v) is 31.9. The van der Waals surface area contributed by atoms with Gasteiger partial charge in [0.15, 0.2) is 0 Å². The van der Waals surface area contributed by atoms with Crippen LogP contribution in [-0.2, 0) is 6.42 Å². The van der Waals surface area contributed by atoms with E-state index in [0.29, 0.717) is 0 Å². The molecule has 0 radical (unpaired) electrons. The van der Waals surface area contributed by atoms with E-state index in [0.717, 1.165) is 52.4 Å². The van der Waals surface area contributed by atoms with Crippen LogP contribution in [-0.4, -0.2) is 11.6 Å². The van der Waals surface area contributed by atoms with Crippen molar-refractivity contribution in [3.8, 4) is 22.6 Å². The van der Waals surface area contributed by atoms with Gasteiger partial charge in [0.1, 0.15) is 11.5 Å². The van der Waals surface area contributed by atoms with Gasteiger partial charge in [-0.1, -0.05) is 164 Å². The lowest BCUT2D eigenvalue weighted by Gasteiger charge is -2.21. The monoisotopic (exact) mass is 734 g/mol. The van der Waals surface area contributed by atoms with Crippen molar-refractivity contribution in [1.29, 1.82) is 0 Å². The first-order valence-corrected chi connectivity index (χ1v) is 19.8. The summed E-state index contributed by atoms with van der Waals surface area (Å²) in [6.07, 6.45) is 11.0. The van der Waals surface area contributed by atoms with E-state index in [1.54, 1.807) is 0 Å². The molecule has 3 nitrogen and oxygen atoms in total. The minimum Gasteiger partial charge on any atom is -0.460 e. The molecule has 2 aliphatic rings. The summed E-state index contributed by atoms with van der Waals surface area (Å²) in [7, 11) is 2.00. The Kier molecular flexibility index (Phi) is 8.97. The second-order valence-electron chi connectivity index (χ2n) is 14.8. The largest absolute Gasteiger partial charge is 0.460 e. The van der Waals surface area contributed by atoms with Gasteiger partial charge in [0.2, 0.25) is 0 Å². The predicted octanol–water partition coefficient (Wildman–Crippen LogP) is 13.2. The van der Waals surface area contributed by atoms with Crippen LogP contribution in [0.15, 0.2) is 206 Å². The molecule has 0 bridgehead atoms. The van der Waals surface area contributed by atoms with Gasteiger partial charge < -0.3 is 14.6 Å². The molecule has 0 saturated heterocycles. The summed E-state index contributed by atoms with van der Waals surface area (Å²) in [5.74, 6) is 2.25. The number of allylic oxidation sites excluding steroid dienone is 7. The van der Waals surface area contributed by atoms with Crippen LogP contribution in [0.25, 0.3) is 55.5 Å². The maximum absolute atomic E-state index is 6.63. The van der Waals surface area contributed by atoms with Crippen LogP contribution in [0.1, 0.15) is 40.2 Å². The van der Waals surface area contributed by atoms with E-state index < -0.39 is 0 Å². The van der Waals surface area contributed by atoms with Crippen LogP contribution in [0.4, 0.5) is 0 Å². The lowest BCUT2D eigenvalue weighted by atomic mass is 9.86. The molecule has 0 saturated carbocycles. The Hall–Kier alpha value is -7.10. The van der Waals surface area contributed by atoms with Gasteiger partial charge in [-0.2, -0.15) is 0 Å². The lowest BCUT2D eigenvalue weighted by Crippen LogP contribution is -2.07. The third-order valence-electron chi connectivity index (χ3n) is 11.5. The molecule has 1 N–H and O–H groups in total. The molecular formula is C54H42N2O. The summed E-state index contributed by atoms with van der Waals surface area (Å²) in [5, 5.41) is 5.93. The molecule has 57 heavy (non-hydrogen) atoms. The molecule has 7 aromatic carbocycles. The number of fused-ring (bicyclic) bond motifs is 6. The van der Waals surface area contributed by atoms with E-state index in [1.165, 1.54) is 55.2 Å². The van der Waals surface area contributed by atoms with Gasteiger partial charge in [-0.05, 0) is 82.6 Å². The van der Waals surface area contributed by atoms with Crippen LogP contribution in [0, 0.1) is 0 Å². The van der Waals surface area contributed by atoms with E-state index in [-0.39, 0.29) is 5.92 Å². The van der Waals surface area contributed by atoms with Gasteiger partial charge in [-0.3, -0.25) is 0 Å². The first-order valence-electron chi connectivity index (χ1n) is 19.8. The summed E-state index contributed by atoms with van der Waals surface area (Å²) in [5.41, 5.74) is 15.3. The number of benzene rings is 7. The maximum Gasteiger partial charge on any atom is 0.130 e. The molecule has 3 heteroatoms. The molecule has 0 amide bonds. The first kappa shape index (κ1) is 34.4. The number of nitrogens with zero attached hydrogens (tertiary/aromatic N) is 1. The number of hydrogen-bond acceptors (Lipinski definition) is 2. The Balaban J connectivity index is 1.12. The van der Waals surface area contributed by atoms with Gasteiger partial charge in [0.25, 0.3) is 0 Å². The van der Waals surface area contributed by atoms with E-state index >= 15 is 0 Å². The molecule has 1 aliphatic heterocycles. The van der Waals surface area contributed by atoms with E-state index in [1.807, 2.05) is 7.05 Å². The van der Waals surface area contributed by atoms with Crippen molar-refractivity contribution in [2.45, 2.75) is 18.8 Å². The second-order valence-corrected chi connectivity index (χ2v) is 14.8. The van der Waals surface area contributed by atoms with Crippen molar-refractivity contribution in [3.63, 3.8) is 0 Å². The number of aromatic nitrogens is 1. The molecule has 1 atom stereocenters. The quantitative estimate of drug-likeness (QED) is 0.149. The highest BCUT2D eigenvalue weighted by Gasteiger charge is 2.33. The number of rotatable bonds is 9. The van der Waals surface area contributed by atoms with Gasteiger partial charge in [-0.15, -0.1) is 0 Å². The van der Waals surface area contributed by atoms with Gasteiger partial charge >= 0.3 is 0 Å². The molecule has 0 fully saturated rings. The normalized spacial score (nSPS) is 15.1. The minimum atomic E-state index is 0.230. The Morgan fingerprint density at radius 2 is 1.39 bits per heavy atom. The van der Waals surface area contributed by atoms with Crippen LogP contribution in [0.2, 0.25) is 0 Å². The zero-order chi connectivity index (χ0) is 38.1. The lowest BCUT2D eigenvalue weighted by molar-refractivity contribution is 0.429. The fourth-order valence-corrected chi connectivity index (χ4v) is 8.74. The highest BCUT2D eigenvalue weighted by Crippen LogP contribution is 2.49. The molecule has 8 aromatic rings. The number of hydrogen-bond donors (Lipinski definition) is 1. The van der Waals surface area contributed by atoms with E-state index in [9.17, 15) is 0 Å². The van der Waals surface area contributed by atoms with Crippen molar-refractivity contribution in [1.82, 2.24) is 9.88 Å². The highest BCUT2D eigenvalue weighted by molar-refractivity contribution is 6.11. The SMILES string of the molecule is CN/C(=C\C(=C/Cc1ccccc1)c1ccccc1-c1ccc2c(c1)c1ccccc1n2-c1ccccc1C1=C2Oc3ccccc3C2CC=C1)c1ccccc1. The third-order valence-corrected chi connectivity index (χ3v) is 11.5. The van der Waals surface area contributed by atoms with Gasteiger partial charge in [0.05, 0.1) is 16.7 Å². The summed E-state index contributed by atoms with van der Waals surface area (Å²) >= 11 is 0. The summed E-state index contributed by atoms with van der Waals surface area (Å²) in [6.45, 7) is 0. The first-order chi connectivity index (χ1) is 28.2. The second kappa shape index (κ2) is 14.9. The predicted molar refractivity (Wildman–Crippen MR) is 238 cm³/mol. The van der Waals surface area contributed by atoms with Crippen molar-refractivity contribution < 1.29 is 4.74 Å². The van der Waals surface area contributed by atoms with Gasteiger partial charge in [0, 0.05) is 46.1 Å². The highest BCUT2D eigenvalue weighted by atomic mass is 16.5. The summed E-state index contributed by atoms with van der Waals surface area (Å²) in [6, 6.07) is 63.1. The number of nitrogens with one attached hydrogen (secondary N) is 1. The Bertz CT molecular complexity index is 2910. The van der Waals surface area contributed by atoms with Crippen LogP contribution in [0.5, 0.6) is 5.75 Å². The molecule has 1 aliphatic carbocycles. The molecule has 1 aromatic heterocycles. The average Bonchev–Trinajstić information content (AvgIpc) is 3.83. The Labute approximate surface area is 334 Å². The molecular weight excluding hydrogens is 693 g/mol. The van der Waals surface area contributed by atoms with Crippen LogP contribution in [0.3, 0.4) is 0 Å². The molecule has 274 valence electrons. The van der Waals surface area contributed by atoms with E-state index in [4.69, 9.17) is 4.74 Å². The minimum absolute atomic E-state index is 0.230. The molecule has 0 spiro atoms. The number of ether oxygens (including phenoxy) is 1. The zero-order valence-electron chi connectivity index (χ0n) is 31.9. The molecule has 2 heterocycles. The van der Waals surface area contributed by atoms with Gasteiger partial charge in [-0.25, -0.2) is 0 Å². The standard InChI is InChI=1S/C54H42N2O/c1-55-49(38-19-6-3-7-20-38)36-40(32-31-37-17-4-2-5-18-37)42-22-9-8-21-41(42)39-33-34-52-48(35-39)44-24-11-14-29-51(44)56(52)50-28-13-10-23-43(50)46-26-16-27-47-45-25-12-15-30-53(45)57-54(46)47/h2-26,28-30,32-36,47,55H,27,31H2,1H3/b40-32+,49-36-. The molecule has 10 rings (SSSR count). The number of para-hydroxylation sites is 3.